The van der Waals surface area contributed by atoms with Crippen molar-refractivity contribution in [3.63, 3.8) is 0 Å². The number of rotatable bonds is 1. The second kappa shape index (κ2) is 18.1. The maximum atomic E-state index is 9.29. The van der Waals surface area contributed by atoms with E-state index in [0.29, 0.717) is 0 Å². The Morgan fingerprint density at radius 1 is 0.560 bits per heavy atom. The Morgan fingerprint density at radius 3 is 0.880 bits per heavy atom. The van der Waals surface area contributed by atoms with Gasteiger partial charge in [-0.2, -0.15) is 0 Å². The van der Waals surface area contributed by atoms with Crippen molar-refractivity contribution in [1.82, 2.24) is 0 Å². The SMILES string of the molecule is O=P([O-])([S-])[S-].O=P([O-])([S-])[S-].[Zn+2].[Zn+2].[Zn+2].c1ccc(-c2ccccc2)cc1. The van der Waals surface area contributed by atoms with Crippen LogP contribution in [0.3, 0.4) is 0 Å². The third-order valence-corrected chi connectivity index (χ3v) is 1.88. The van der Waals surface area contributed by atoms with Gasteiger partial charge in [0.05, 0.1) is 0 Å². The average molecular weight is 605 g/mol. The Kier molecular flexibility index (Phi) is 25.1. The van der Waals surface area contributed by atoms with Gasteiger partial charge in [-0.25, -0.2) is 0 Å². The van der Waals surface area contributed by atoms with Crippen molar-refractivity contribution in [2.45, 2.75) is 0 Å². The molecule has 0 aliphatic rings. The monoisotopic (exact) mass is 600 g/mol. The Bertz CT molecular complexity index is 567. The summed E-state index contributed by atoms with van der Waals surface area (Å²) in [6.45, 7) is 0. The Morgan fingerprint density at radius 2 is 0.720 bits per heavy atom. The van der Waals surface area contributed by atoms with E-state index < -0.39 is 11.5 Å². The Labute approximate surface area is 207 Å². The van der Waals surface area contributed by atoms with Crippen LogP contribution in [0.25, 0.3) is 11.1 Å². The molecule has 0 saturated carbocycles. The van der Waals surface area contributed by atoms with Crippen LogP contribution in [0.5, 0.6) is 0 Å². The van der Waals surface area contributed by atoms with Crippen LogP contribution in [0.1, 0.15) is 0 Å². The van der Waals surface area contributed by atoms with Gasteiger partial charge >= 0.3 is 58.4 Å². The van der Waals surface area contributed by atoms with Crippen molar-refractivity contribution >= 4 is 60.5 Å². The van der Waals surface area contributed by atoms with Crippen LogP contribution in [0, 0.1) is 0 Å². The van der Waals surface area contributed by atoms with E-state index >= 15 is 0 Å². The molecular weight excluding hydrogens is 595 g/mol. The Balaban J connectivity index is -0.000000147. The minimum Gasteiger partial charge on any atom is -0.835 e. The van der Waals surface area contributed by atoms with Crippen LogP contribution in [0.15, 0.2) is 60.7 Å². The first kappa shape index (κ1) is 34.6. The van der Waals surface area contributed by atoms with E-state index in [2.05, 4.69) is 97.5 Å². The molecule has 0 fully saturated rings. The summed E-state index contributed by atoms with van der Waals surface area (Å²) in [5.74, 6) is -7.44. The summed E-state index contributed by atoms with van der Waals surface area (Å²) in [5, 5.41) is 0. The molecule has 25 heavy (non-hydrogen) atoms. The predicted molar refractivity (Wildman–Crippen MR) is 96.6 cm³/mol. The minimum atomic E-state index is -3.72. The van der Waals surface area contributed by atoms with Crippen molar-refractivity contribution < 1.29 is 77.4 Å². The Hall–Kier alpha value is 2.09. The molecule has 0 atom stereocenters. The molecule has 0 aliphatic heterocycles. The van der Waals surface area contributed by atoms with Gasteiger partial charge < -0.3 is 67.9 Å². The molecule has 0 saturated heterocycles. The van der Waals surface area contributed by atoms with Crippen molar-refractivity contribution in [3.05, 3.63) is 60.7 Å². The van der Waals surface area contributed by atoms with E-state index in [1.54, 1.807) is 0 Å². The number of benzene rings is 2. The first-order chi connectivity index (χ1) is 9.97. The maximum Gasteiger partial charge on any atom is 2.00 e. The third kappa shape index (κ3) is 31.0. The van der Waals surface area contributed by atoms with Gasteiger partial charge in [0.2, 0.25) is 0 Å². The molecule has 2 aromatic rings. The van der Waals surface area contributed by atoms with Gasteiger partial charge in [-0.15, -0.1) is 0 Å². The van der Waals surface area contributed by atoms with E-state index in [4.69, 9.17) is 0 Å². The van der Waals surface area contributed by atoms with Gasteiger partial charge in [0.25, 0.3) is 0 Å². The molecule has 0 aromatic heterocycles. The fourth-order valence-electron chi connectivity index (χ4n) is 1.26. The van der Waals surface area contributed by atoms with E-state index in [-0.39, 0.29) is 58.4 Å². The summed E-state index contributed by atoms with van der Waals surface area (Å²) in [5.41, 5.74) is 2.55. The van der Waals surface area contributed by atoms with E-state index in [9.17, 15) is 18.9 Å². The fourth-order valence-corrected chi connectivity index (χ4v) is 1.26. The summed E-state index contributed by atoms with van der Waals surface area (Å²) in [7, 11) is 0. The first-order valence-electron chi connectivity index (χ1n) is 5.53. The van der Waals surface area contributed by atoms with Crippen LogP contribution in [-0.2, 0) is 117 Å². The molecule has 0 radical (unpaired) electrons. The second-order valence-corrected chi connectivity index (χ2v) is 12.6. The van der Waals surface area contributed by atoms with Crippen LogP contribution in [0.4, 0.5) is 0 Å². The van der Waals surface area contributed by atoms with Crippen molar-refractivity contribution in [1.29, 1.82) is 0 Å². The smallest absolute Gasteiger partial charge is 0.835 e. The summed E-state index contributed by atoms with van der Waals surface area (Å²) < 4.78 is 18.6. The topological polar surface area (TPSA) is 80.3 Å². The van der Waals surface area contributed by atoms with Crippen molar-refractivity contribution in [3.8, 4) is 11.1 Å². The number of hydrogen-bond acceptors (Lipinski definition) is 8. The molecule has 0 bridgehead atoms. The molecule has 0 aliphatic carbocycles. The molecule has 0 amide bonds. The zero-order chi connectivity index (χ0) is 17.2. The maximum absolute atomic E-state index is 9.29. The van der Waals surface area contributed by atoms with Crippen molar-refractivity contribution in [2.24, 2.45) is 0 Å². The van der Waals surface area contributed by atoms with E-state index in [1.165, 1.54) is 11.1 Å². The van der Waals surface area contributed by atoms with Crippen LogP contribution in [0.2, 0.25) is 0 Å². The van der Waals surface area contributed by atoms with E-state index in [1.807, 2.05) is 12.1 Å². The first-order valence-corrected chi connectivity index (χ1v) is 12.8. The zero-order valence-electron chi connectivity index (χ0n) is 13.1. The average Bonchev–Trinajstić information content (AvgIpc) is 2.37. The van der Waals surface area contributed by atoms with Crippen LogP contribution in [-0.4, -0.2) is 0 Å². The molecule has 122 valence electrons. The minimum absolute atomic E-state index is 0. The summed E-state index contributed by atoms with van der Waals surface area (Å²) in [4.78, 5) is 18.6. The molecular formula is C12H10O4P2S4Zn3. The molecule has 13 heteroatoms. The van der Waals surface area contributed by atoms with E-state index in [0.717, 1.165) is 0 Å². The van der Waals surface area contributed by atoms with Gasteiger partial charge in [0, 0.05) is 0 Å². The third-order valence-electron chi connectivity index (χ3n) is 1.88. The van der Waals surface area contributed by atoms with Gasteiger partial charge in [0.1, 0.15) is 0 Å². The van der Waals surface area contributed by atoms with Crippen LogP contribution < -0.4 is 9.79 Å². The fraction of sp³-hybridized carbons (Fsp3) is 0. The number of hydrogen-bond donors (Lipinski definition) is 0. The van der Waals surface area contributed by atoms with Gasteiger partial charge in [-0.05, 0) is 11.1 Å². The summed E-state index contributed by atoms with van der Waals surface area (Å²) in [6.07, 6.45) is 0. The predicted octanol–water partition coefficient (Wildman–Crippen LogP) is 2.44. The quantitative estimate of drug-likeness (QED) is 0.279. The molecule has 0 N–H and O–H groups in total. The standard InChI is InChI=1S/C12H10.2H3O2PS2.3Zn/c1-3-7-11(8-4-1)12-9-5-2-6-10-12;2*1-3(2,4)5;;;/h1-10H;2*(H3,1,2,4,5);;;/q;;;3*+2/p-6. The van der Waals surface area contributed by atoms with Crippen molar-refractivity contribution in [2.75, 3.05) is 0 Å². The summed E-state index contributed by atoms with van der Waals surface area (Å²) in [6, 6.07) is 20.8. The molecule has 2 aromatic carbocycles. The normalized spacial score (nSPS) is 9.36. The molecule has 0 heterocycles. The zero-order valence-corrected chi connectivity index (χ0v) is 27.0. The molecule has 0 unspecified atom stereocenters. The van der Waals surface area contributed by atoms with Gasteiger partial charge in [-0.1, -0.05) is 60.7 Å². The van der Waals surface area contributed by atoms with Gasteiger partial charge in [0.15, 0.2) is 0 Å². The largest absolute Gasteiger partial charge is 2.00 e. The molecule has 0 spiro atoms. The molecule has 2 rings (SSSR count). The summed E-state index contributed by atoms with van der Waals surface area (Å²) >= 11 is 14.6. The van der Waals surface area contributed by atoms with Gasteiger partial charge in [-0.3, -0.25) is 11.5 Å². The van der Waals surface area contributed by atoms with Crippen LogP contribution >= 0.6 is 11.5 Å². The molecule has 4 nitrogen and oxygen atoms in total. The second-order valence-electron chi connectivity index (χ2n) is 3.63.